The van der Waals surface area contributed by atoms with Gasteiger partial charge in [-0.15, -0.1) is 0 Å². The summed E-state index contributed by atoms with van der Waals surface area (Å²) in [4.78, 5) is 9.50. The first-order valence-electron chi connectivity index (χ1n) is 10.5. The number of nitrogens with zero attached hydrogens (tertiary/aromatic N) is 3. The molecule has 6 heteroatoms. The van der Waals surface area contributed by atoms with Gasteiger partial charge in [-0.25, -0.2) is 0 Å². The van der Waals surface area contributed by atoms with E-state index in [4.69, 9.17) is 9.47 Å². The van der Waals surface area contributed by atoms with Crippen LogP contribution in [0.15, 0.2) is 4.99 Å². The molecule has 0 aromatic heterocycles. The van der Waals surface area contributed by atoms with Crippen molar-refractivity contribution in [1.82, 2.24) is 15.1 Å². The molecule has 1 N–H and O–H groups in total. The van der Waals surface area contributed by atoms with Crippen LogP contribution in [0.1, 0.15) is 51.9 Å². The largest absolute Gasteiger partial charge is 0.385 e. The van der Waals surface area contributed by atoms with Crippen LogP contribution in [0.25, 0.3) is 0 Å². The van der Waals surface area contributed by atoms with Crippen molar-refractivity contribution in [3.05, 3.63) is 0 Å². The molecule has 0 radical (unpaired) electrons. The Morgan fingerprint density at radius 2 is 1.88 bits per heavy atom. The van der Waals surface area contributed by atoms with Crippen molar-refractivity contribution < 1.29 is 9.47 Å². The molecule has 0 saturated carbocycles. The Morgan fingerprint density at radius 1 is 1.08 bits per heavy atom. The molecule has 0 bridgehead atoms. The summed E-state index contributed by atoms with van der Waals surface area (Å²) in [5.74, 6) is 1.05. The van der Waals surface area contributed by atoms with E-state index >= 15 is 0 Å². The van der Waals surface area contributed by atoms with Crippen molar-refractivity contribution in [3.63, 3.8) is 0 Å². The number of likely N-dealkylation sites (tertiary alicyclic amines) is 2. The van der Waals surface area contributed by atoms with Crippen LogP contribution in [0, 0.1) is 0 Å². The average Bonchev–Trinajstić information content (AvgIpc) is 2.67. The molecule has 0 aromatic rings. The van der Waals surface area contributed by atoms with E-state index in [1.165, 1.54) is 38.8 Å². The average molecular weight is 369 g/mol. The lowest BCUT2D eigenvalue weighted by Crippen LogP contribution is -2.47. The van der Waals surface area contributed by atoms with E-state index < -0.39 is 0 Å². The molecular weight excluding hydrogens is 328 g/mol. The predicted molar refractivity (Wildman–Crippen MR) is 108 cm³/mol. The van der Waals surface area contributed by atoms with E-state index in [1.807, 2.05) is 7.05 Å². The summed E-state index contributed by atoms with van der Waals surface area (Å²) in [6, 6.07) is 0.756. The summed E-state index contributed by atoms with van der Waals surface area (Å²) in [5.41, 5.74) is 0. The van der Waals surface area contributed by atoms with Crippen LogP contribution in [-0.2, 0) is 9.47 Å². The van der Waals surface area contributed by atoms with Gasteiger partial charge < -0.3 is 24.6 Å². The van der Waals surface area contributed by atoms with Crippen molar-refractivity contribution in [1.29, 1.82) is 0 Å². The maximum absolute atomic E-state index is 5.95. The summed E-state index contributed by atoms with van der Waals surface area (Å²) in [6.45, 7) is 9.48. The van der Waals surface area contributed by atoms with Crippen molar-refractivity contribution in [2.45, 2.75) is 64.0 Å². The van der Waals surface area contributed by atoms with Crippen LogP contribution in [0.4, 0.5) is 0 Å². The van der Waals surface area contributed by atoms with Crippen LogP contribution in [-0.4, -0.2) is 88.0 Å². The molecule has 0 amide bonds. The fourth-order valence-electron chi connectivity index (χ4n) is 3.99. The van der Waals surface area contributed by atoms with Crippen molar-refractivity contribution >= 4 is 5.96 Å². The first-order chi connectivity index (χ1) is 12.7. The maximum atomic E-state index is 5.95. The standard InChI is InChI=1S/C20H40N4O2/c1-18-8-4-5-12-23(18)13-6-11-22-20(21-2)24-14-9-19(10-15-24)26-17-7-16-25-3/h18-19H,4-17H2,1-3H3,(H,21,22). The normalized spacial score (nSPS) is 23.4. The van der Waals surface area contributed by atoms with Crippen LogP contribution in [0.5, 0.6) is 0 Å². The molecule has 1 unspecified atom stereocenters. The Hall–Kier alpha value is -0.850. The van der Waals surface area contributed by atoms with E-state index in [-0.39, 0.29) is 0 Å². The van der Waals surface area contributed by atoms with Crippen molar-refractivity contribution in [2.24, 2.45) is 4.99 Å². The Bertz CT molecular complexity index is 397. The molecule has 1 atom stereocenters. The van der Waals surface area contributed by atoms with Gasteiger partial charge in [0, 0.05) is 59.6 Å². The highest BCUT2D eigenvalue weighted by Gasteiger charge is 2.22. The van der Waals surface area contributed by atoms with E-state index in [1.54, 1.807) is 7.11 Å². The Balaban J connectivity index is 1.59. The Labute approximate surface area is 160 Å². The highest BCUT2D eigenvalue weighted by Crippen LogP contribution is 2.16. The third-order valence-corrected chi connectivity index (χ3v) is 5.65. The van der Waals surface area contributed by atoms with Gasteiger partial charge in [0.1, 0.15) is 0 Å². The van der Waals surface area contributed by atoms with Gasteiger partial charge in [0.25, 0.3) is 0 Å². The summed E-state index contributed by atoms with van der Waals surface area (Å²) in [5, 5.41) is 3.56. The minimum Gasteiger partial charge on any atom is -0.385 e. The van der Waals surface area contributed by atoms with Gasteiger partial charge in [-0.2, -0.15) is 0 Å². The number of nitrogens with one attached hydrogen (secondary N) is 1. The van der Waals surface area contributed by atoms with Gasteiger partial charge in [0.05, 0.1) is 6.10 Å². The number of methoxy groups -OCH3 is 1. The highest BCUT2D eigenvalue weighted by molar-refractivity contribution is 5.79. The summed E-state index contributed by atoms with van der Waals surface area (Å²) in [6.07, 6.45) is 8.84. The summed E-state index contributed by atoms with van der Waals surface area (Å²) >= 11 is 0. The monoisotopic (exact) mass is 368 g/mol. The van der Waals surface area contributed by atoms with E-state index in [0.29, 0.717) is 6.10 Å². The molecule has 0 spiro atoms. The first-order valence-corrected chi connectivity index (χ1v) is 10.5. The molecule has 6 nitrogen and oxygen atoms in total. The van der Waals surface area contributed by atoms with Crippen molar-refractivity contribution in [3.8, 4) is 0 Å². The second-order valence-electron chi connectivity index (χ2n) is 7.61. The van der Waals surface area contributed by atoms with E-state index in [9.17, 15) is 0 Å². The number of hydrogen-bond donors (Lipinski definition) is 1. The number of rotatable bonds is 9. The van der Waals surface area contributed by atoms with Gasteiger partial charge in [0.15, 0.2) is 5.96 Å². The molecular formula is C20H40N4O2. The number of hydrogen-bond acceptors (Lipinski definition) is 4. The first kappa shape index (κ1) is 21.5. The quantitative estimate of drug-likeness (QED) is 0.385. The van der Waals surface area contributed by atoms with Gasteiger partial charge >= 0.3 is 0 Å². The topological polar surface area (TPSA) is 49.3 Å². The SMILES string of the molecule is CN=C(NCCCN1CCCCC1C)N1CCC(OCCCOC)CC1. The minimum absolute atomic E-state index is 0.391. The molecule has 2 fully saturated rings. The number of aliphatic imine (C=N–C) groups is 1. The zero-order chi connectivity index (χ0) is 18.6. The molecule has 2 aliphatic rings. The molecule has 2 rings (SSSR count). The second kappa shape index (κ2) is 12.5. The van der Waals surface area contributed by atoms with Gasteiger partial charge in [0.2, 0.25) is 0 Å². The lowest BCUT2D eigenvalue weighted by Gasteiger charge is -2.35. The van der Waals surface area contributed by atoms with Crippen LogP contribution < -0.4 is 5.32 Å². The van der Waals surface area contributed by atoms with Gasteiger partial charge in [-0.3, -0.25) is 4.99 Å². The lowest BCUT2D eigenvalue weighted by molar-refractivity contribution is 0.00990. The number of piperidine rings is 2. The highest BCUT2D eigenvalue weighted by atomic mass is 16.5. The predicted octanol–water partition coefficient (Wildman–Crippen LogP) is 2.34. The Morgan fingerprint density at radius 3 is 2.58 bits per heavy atom. The number of guanidine groups is 1. The number of ether oxygens (including phenoxy) is 2. The lowest BCUT2D eigenvalue weighted by atomic mass is 10.0. The van der Waals surface area contributed by atoms with E-state index in [2.05, 4.69) is 27.0 Å². The zero-order valence-electron chi connectivity index (χ0n) is 17.2. The maximum Gasteiger partial charge on any atom is 0.193 e. The molecule has 2 aliphatic heterocycles. The fraction of sp³-hybridized carbons (Fsp3) is 0.950. The second-order valence-corrected chi connectivity index (χ2v) is 7.61. The summed E-state index contributed by atoms with van der Waals surface area (Å²) in [7, 11) is 3.63. The zero-order valence-corrected chi connectivity index (χ0v) is 17.2. The molecule has 0 aromatic carbocycles. The smallest absolute Gasteiger partial charge is 0.193 e. The van der Waals surface area contributed by atoms with Gasteiger partial charge in [-0.05, 0) is 52.0 Å². The summed E-state index contributed by atoms with van der Waals surface area (Å²) < 4.78 is 11.0. The third-order valence-electron chi connectivity index (χ3n) is 5.65. The van der Waals surface area contributed by atoms with Crippen LogP contribution in [0.3, 0.4) is 0 Å². The minimum atomic E-state index is 0.391. The third kappa shape index (κ3) is 7.41. The molecule has 2 heterocycles. The van der Waals surface area contributed by atoms with Crippen LogP contribution >= 0.6 is 0 Å². The van der Waals surface area contributed by atoms with Crippen LogP contribution in [0.2, 0.25) is 0 Å². The molecule has 0 aliphatic carbocycles. The van der Waals surface area contributed by atoms with Crippen molar-refractivity contribution in [2.75, 3.05) is 60.1 Å². The molecule has 2 saturated heterocycles. The molecule has 152 valence electrons. The Kier molecular flexibility index (Phi) is 10.3. The van der Waals surface area contributed by atoms with E-state index in [0.717, 1.165) is 64.1 Å². The van der Waals surface area contributed by atoms with Gasteiger partial charge in [-0.1, -0.05) is 6.42 Å². The fourth-order valence-corrected chi connectivity index (χ4v) is 3.99. The molecule has 26 heavy (non-hydrogen) atoms.